The highest BCUT2D eigenvalue weighted by Gasteiger charge is 2.16. The molecule has 0 aromatic carbocycles. The van der Waals surface area contributed by atoms with Crippen molar-refractivity contribution in [1.82, 2.24) is 15.0 Å². The van der Waals surface area contributed by atoms with Gasteiger partial charge in [0.05, 0.1) is 6.61 Å². The quantitative estimate of drug-likeness (QED) is 0.724. The molecule has 0 spiro atoms. The second kappa shape index (κ2) is 7.23. The van der Waals surface area contributed by atoms with Crippen LogP contribution in [-0.2, 0) is 4.74 Å². The molecule has 1 aliphatic heterocycles. The Hall–Kier alpha value is -1.63. The standard InChI is InChI=1S/C13H24N6O/c1-10(2)9-20-8-5-15-12-16-11(14)17-13(18-12)19-6-3-4-7-19/h10H,3-9H2,1-2H3,(H3,14,15,16,17,18). The average Bonchev–Trinajstić information content (AvgIpc) is 2.91. The molecule has 0 atom stereocenters. The Morgan fingerprint density at radius 1 is 1.25 bits per heavy atom. The topological polar surface area (TPSA) is 89.2 Å². The van der Waals surface area contributed by atoms with Crippen LogP contribution in [0.5, 0.6) is 0 Å². The van der Waals surface area contributed by atoms with Gasteiger partial charge in [-0.25, -0.2) is 0 Å². The van der Waals surface area contributed by atoms with Gasteiger partial charge in [-0.2, -0.15) is 15.0 Å². The van der Waals surface area contributed by atoms with Crippen molar-refractivity contribution in [2.75, 3.05) is 48.8 Å². The summed E-state index contributed by atoms with van der Waals surface area (Å²) in [5.74, 6) is 1.99. The van der Waals surface area contributed by atoms with Crippen molar-refractivity contribution in [3.8, 4) is 0 Å². The summed E-state index contributed by atoms with van der Waals surface area (Å²) in [4.78, 5) is 14.8. The molecule has 0 bridgehead atoms. The van der Waals surface area contributed by atoms with E-state index in [0.717, 1.165) is 19.7 Å². The van der Waals surface area contributed by atoms with Gasteiger partial charge in [0, 0.05) is 26.2 Å². The molecule has 0 amide bonds. The second-order valence-corrected chi connectivity index (χ2v) is 5.41. The number of hydrogen-bond acceptors (Lipinski definition) is 7. The number of anilines is 3. The maximum atomic E-state index is 5.74. The molecular weight excluding hydrogens is 256 g/mol. The number of nitrogens with one attached hydrogen (secondary N) is 1. The summed E-state index contributed by atoms with van der Waals surface area (Å²) in [5.41, 5.74) is 5.74. The first-order valence-electron chi connectivity index (χ1n) is 7.23. The fourth-order valence-electron chi connectivity index (χ4n) is 2.07. The predicted octanol–water partition coefficient (Wildman–Crippen LogP) is 1.14. The minimum Gasteiger partial charge on any atom is -0.379 e. The van der Waals surface area contributed by atoms with E-state index in [1.165, 1.54) is 12.8 Å². The molecule has 7 nitrogen and oxygen atoms in total. The summed E-state index contributed by atoms with van der Waals surface area (Å²) in [6.07, 6.45) is 2.36. The Labute approximate surface area is 119 Å². The van der Waals surface area contributed by atoms with E-state index in [1.807, 2.05) is 0 Å². The zero-order valence-electron chi connectivity index (χ0n) is 12.3. The summed E-state index contributed by atoms with van der Waals surface area (Å²) in [7, 11) is 0. The molecule has 1 aromatic heterocycles. The van der Waals surface area contributed by atoms with Crippen LogP contribution in [0.2, 0.25) is 0 Å². The molecular formula is C13H24N6O. The van der Waals surface area contributed by atoms with Crippen molar-refractivity contribution < 1.29 is 4.74 Å². The lowest BCUT2D eigenvalue weighted by Gasteiger charge is -2.16. The third-order valence-corrected chi connectivity index (χ3v) is 3.01. The van der Waals surface area contributed by atoms with Crippen LogP contribution in [0.1, 0.15) is 26.7 Å². The molecule has 1 saturated heterocycles. The van der Waals surface area contributed by atoms with E-state index in [1.54, 1.807) is 0 Å². The van der Waals surface area contributed by atoms with Crippen LogP contribution < -0.4 is 16.0 Å². The van der Waals surface area contributed by atoms with Crippen molar-refractivity contribution in [3.63, 3.8) is 0 Å². The van der Waals surface area contributed by atoms with Crippen molar-refractivity contribution in [2.24, 2.45) is 5.92 Å². The highest BCUT2D eigenvalue weighted by atomic mass is 16.5. The monoisotopic (exact) mass is 280 g/mol. The molecule has 2 rings (SSSR count). The molecule has 112 valence electrons. The third-order valence-electron chi connectivity index (χ3n) is 3.01. The molecule has 0 unspecified atom stereocenters. The zero-order chi connectivity index (χ0) is 14.4. The number of nitrogen functional groups attached to an aromatic ring is 1. The van der Waals surface area contributed by atoms with E-state index < -0.39 is 0 Å². The van der Waals surface area contributed by atoms with Gasteiger partial charge in [0.2, 0.25) is 17.8 Å². The lowest BCUT2D eigenvalue weighted by Crippen LogP contribution is -2.22. The maximum Gasteiger partial charge on any atom is 0.231 e. The van der Waals surface area contributed by atoms with E-state index in [9.17, 15) is 0 Å². The SMILES string of the molecule is CC(C)COCCNc1nc(N)nc(N2CCCC2)n1. The van der Waals surface area contributed by atoms with E-state index in [2.05, 4.69) is 39.0 Å². The Morgan fingerprint density at radius 3 is 2.70 bits per heavy atom. The first-order valence-corrected chi connectivity index (χ1v) is 7.23. The molecule has 0 saturated carbocycles. The summed E-state index contributed by atoms with van der Waals surface area (Å²) in [6.45, 7) is 8.28. The summed E-state index contributed by atoms with van der Waals surface area (Å²) >= 11 is 0. The lowest BCUT2D eigenvalue weighted by molar-refractivity contribution is 0.118. The van der Waals surface area contributed by atoms with Crippen LogP contribution in [-0.4, -0.2) is 47.8 Å². The zero-order valence-corrected chi connectivity index (χ0v) is 12.3. The number of nitrogens with two attached hydrogens (primary N) is 1. The number of aromatic nitrogens is 3. The van der Waals surface area contributed by atoms with Gasteiger partial charge in [-0.1, -0.05) is 13.8 Å². The van der Waals surface area contributed by atoms with Crippen LogP contribution in [0.25, 0.3) is 0 Å². The predicted molar refractivity (Wildman–Crippen MR) is 79.8 cm³/mol. The van der Waals surface area contributed by atoms with Gasteiger partial charge >= 0.3 is 0 Å². The molecule has 1 fully saturated rings. The summed E-state index contributed by atoms with van der Waals surface area (Å²) in [5, 5.41) is 3.13. The normalized spacial score (nSPS) is 15.1. The van der Waals surface area contributed by atoms with Crippen LogP contribution >= 0.6 is 0 Å². The second-order valence-electron chi connectivity index (χ2n) is 5.41. The van der Waals surface area contributed by atoms with E-state index in [0.29, 0.717) is 31.0 Å². The van der Waals surface area contributed by atoms with Crippen molar-refractivity contribution in [2.45, 2.75) is 26.7 Å². The van der Waals surface area contributed by atoms with E-state index in [-0.39, 0.29) is 5.95 Å². The van der Waals surface area contributed by atoms with Gasteiger partial charge in [0.15, 0.2) is 0 Å². The first-order chi connectivity index (χ1) is 9.65. The number of rotatable bonds is 7. The van der Waals surface area contributed by atoms with Gasteiger partial charge < -0.3 is 20.7 Å². The van der Waals surface area contributed by atoms with Gasteiger partial charge in [-0.15, -0.1) is 0 Å². The molecule has 2 heterocycles. The molecule has 0 aliphatic carbocycles. The first kappa shape index (κ1) is 14.8. The highest BCUT2D eigenvalue weighted by molar-refractivity contribution is 5.42. The third kappa shape index (κ3) is 4.48. The van der Waals surface area contributed by atoms with Gasteiger partial charge in [-0.3, -0.25) is 0 Å². The minimum atomic E-state index is 0.257. The molecule has 0 radical (unpaired) electrons. The van der Waals surface area contributed by atoms with E-state index >= 15 is 0 Å². The maximum absolute atomic E-state index is 5.74. The van der Waals surface area contributed by atoms with Crippen LogP contribution in [0, 0.1) is 5.92 Å². The molecule has 1 aromatic rings. The van der Waals surface area contributed by atoms with E-state index in [4.69, 9.17) is 10.5 Å². The Balaban J connectivity index is 1.84. The Kier molecular flexibility index (Phi) is 5.34. The average molecular weight is 280 g/mol. The minimum absolute atomic E-state index is 0.257. The fourth-order valence-corrected chi connectivity index (χ4v) is 2.07. The van der Waals surface area contributed by atoms with Crippen molar-refractivity contribution >= 4 is 17.8 Å². The number of ether oxygens (including phenoxy) is 1. The Bertz CT molecular complexity index is 419. The summed E-state index contributed by atoms with van der Waals surface area (Å²) in [6, 6.07) is 0. The van der Waals surface area contributed by atoms with Crippen molar-refractivity contribution in [3.05, 3.63) is 0 Å². The van der Waals surface area contributed by atoms with Gasteiger partial charge in [-0.05, 0) is 18.8 Å². The van der Waals surface area contributed by atoms with Crippen molar-refractivity contribution in [1.29, 1.82) is 0 Å². The molecule has 20 heavy (non-hydrogen) atoms. The van der Waals surface area contributed by atoms with Crippen LogP contribution in [0.3, 0.4) is 0 Å². The Morgan fingerprint density at radius 2 is 2.00 bits per heavy atom. The number of hydrogen-bond donors (Lipinski definition) is 2. The smallest absolute Gasteiger partial charge is 0.231 e. The van der Waals surface area contributed by atoms with Gasteiger partial charge in [0.25, 0.3) is 0 Å². The van der Waals surface area contributed by atoms with Gasteiger partial charge in [0.1, 0.15) is 0 Å². The number of nitrogens with zero attached hydrogens (tertiary/aromatic N) is 4. The lowest BCUT2D eigenvalue weighted by atomic mass is 10.2. The summed E-state index contributed by atoms with van der Waals surface area (Å²) < 4.78 is 5.50. The van der Waals surface area contributed by atoms with Crippen LogP contribution in [0.15, 0.2) is 0 Å². The fraction of sp³-hybridized carbons (Fsp3) is 0.769. The molecule has 7 heteroatoms. The largest absolute Gasteiger partial charge is 0.379 e. The van der Waals surface area contributed by atoms with Crippen LogP contribution in [0.4, 0.5) is 17.8 Å². The molecule has 3 N–H and O–H groups in total. The molecule has 1 aliphatic rings. The highest BCUT2D eigenvalue weighted by Crippen LogP contribution is 2.17.